The molecule has 0 unspecified atom stereocenters. The fraction of sp³-hybridized carbons (Fsp3) is 0.500. The second-order valence-corrected chi connectivity index (χ2v) is 4.49. The van der Waals surface area contributed by atoms with Crippen molar-refractivity contribution in [1.29, 1.82) is 0 Å². The fourth-order valence-electron chi connectivity index (χ4n) is 1.86. The van der Waals surface area contributed by atoms with E-state index in [-0.39, 0.29) is 5.78 Å². The molecule has 0 amide bonds. The number of hydrogen-bond acceptors (Lipinski definition) is 2. The van der Waals surface area contributed by atoms with Crippen molar-refractivity contribution in [2.45, 2.75) is 33.6 Å². The summed E-state index contributed by atoms with van der Waals surface area (Å²) >= 11 is 5.61. The number of ether oxygens (including phenoxy) is 1. The molecule has 0 N–H and O–H groups in total. The van der Waals surface area contributed by atoms with E-state index in [2.05, 4.69) is 0 Å². The first-order valence-corrected chi connectivity index (χ1v) is 6.46. The van der Waals surface area contributed by atoms with Crippen LogP contribution in [-0.2, 0) is 0 Å². The number of Topliss-reactive ketones (excluding diaryl/α,β-unsaturated/α-hetero) is 1. The van der Waals surface area contributed by atoms with Gasteiger partial charge in [-0.3, -0.25) is 4.79 Å². The van der Waals surface area contributed by atoms with E-state index in [0.29, 0.717) is 30.9 Å². The summed E-state index contributed by atoms with van der Waals surface area (Å²) in [7, 11) is 0. The van der Waals surface area contributed by atoms with Crippen LogP contribution in [0.15, 0.2) is 12.1 Å². The van der Waals surface area contributed by atoms with Gasteiger partial charge in [0.25, 0.3) is 0 Å². The van der Waals surface area contributed by atoms with Crippen LogP contribution in [0.1, 0.15) is 41.3 Å². The van der Waals surface area contributed by atoms with Crippen molar-refractivity contribution in [3.8, 4) is 5.75 Å². The number of hydrogen-bond donors (Lipinski definition) is 0. The lowest BCUT2D eigenvalue weighted by atomic mass is 10.00. The minimum absolute atomic E-state index is 0.112. The molecular formula is C14H19ClO2. The maximum atomic E-state index is 12.1. The second kappa shape index (κ2) is 6.65. The van der Waals surface area contributed by atoms with Gasteiger partial charge in [0.2, 0.25) is 0 Å². The third-order valence-electron chi connectivity index (χ3n) is 2.55. The number of benzene rings is 1. The monoisotopic (exact) mass is 254 g/mol. The Kier molecular flexibility index (Phi) is 5.49. The third-order valence-corrected chi connectivity index (χ3v) is 2.81. The number of carbonyl (C=O) groups is 1. The average molecular weight is 255 g/mol. The van der Waals surface area contributed by atoms with Crippen molar-refractivity contribution in [3.63, 3.8) is 0 Å². The summed E-state index contributed by atoms with van der Waals surface area (Å²) < 4.78 is 5.57. The van der Waals surface area contributed by atoms with Crippen LogP contribution >= 0.6 is 11.6 Å². The lowest BCUT2D eigenvalue weighted by molar-refractivity contribution is 0.0978. The lowest BCUT2D eigenvalue weighted by Crippen LogP contribution is -2.06. The third kappa shape index (κ3) is 3.74. The van der Waals surface area contributed by atoms with Gasteiger partial charge in [-0.1, -0.05) is 6.07 Å². The van der Waals surface area contributed by atoms with Crippen LogP contribution in [0.25, 0.3) is 0 Å². The van der Waals surface area contributed by atoms with Gasteiger partial charge in [0.15, 0.2) is 5.78 Å². The van der Waals surface area contributed by atoms with Crippen LogP contribution in [0.3, 0.4) is 0 Å². The van der Waals surface area contributed by atoms with Gasteiger partial charge < -0.3 is 4.74 Å². The number of rotatable bonds is 6. The van der Waals surface area contributed by atoms with Gasteiger partial charge in [-0.25, -0.2) is 0 Å². The summed E-state index contributed by atoms with van der Waals surface area (Å²) in [6.07, 6.45) is 1.19. The van der Waals surface area contributed by atoms with E-state index in [9.17, 15) is 4.79 Å². The van der Waals surface area contributed by atoms with Crippen molar-refractivity contribution in [2.75, 3.05) is 12.5 Å². The van der Waals surface area contributed by atoms with Crippen molar-refractivity contribution in [2.24, 2.45) is 0 Å². The van der Waals surface area contributed by atoms with Gasteiger partial charge in [0.05, 0.1) is 12.2 Å². The molecule has 0 aliphatic rings. The molecule has 0 aromatic heterocycles. The topological polar surface area (TPSA) is 26.3 Å². The molecule has 0 spiro atoms. The molecule has 3 heteroatoms. The van der Waals surface area contributed by atoms with E-state index in [0.717, 1.165) is 16.9 Å². The summed E-state index contributed by atoms with van der Waals surface area (Å²) in [6.45, 7) is 6.45. The van der Waals surface area contributed by atoms with E-state index < -0.39 is 0 Å². The van der Waals surface area contributed by atoms with Crippen LogP contribution < -0.4 is 4.74 Å². The molecule has 0 saturated heterocycles. The molecule has 0 atom stereocenters. The highest BCUT2D eigenvalue weighted by Gasteiger charge is 2.15. The Bertz CT molecular complexity index is 399. The Balaban J connectivity index is 3.06. The van der Waals surface area contributed by atoms with Crippen molar-refractivity contribution >= 4 is 17.4 Å². The maximum Gasteiger partial charge on any atom is 0.166 e. The Morgan fingerprint density at radius 1 is 1.35 bits per heavy atom. The van der Waals surface area contributed by atoms with E-state index >= 15 is 0 Å². The molecule has 1 rings (SSSR count). The van der Waals surface area contributed by atoms with Gasteiger partial charge in [0, 0.05) is 12.3 Å². The van der Waals surface area contributed by atoms with Crippen LogP contribution in [0.2, 0.25) is 0 Å². The normalized spacial score (nSPS) is 10.4. The summed E-state index contributed by atoms with van der Waals surface area (Å²) in [5.74, 6) is 1.35. The van der Waals surface area contributed by atoms with Gasteiger partial charge in [0.1, 0.15) is 5.75 Å². The molecule has 94 valence electrons. The van der Waals surface area contributed by atoms with E-state index in [1.54, 1.807) is 0 Å². The maximum absolute atomic E-state index is 12.1. The smallest absolute Gasteiger partial charge is 0.166 e. The first-order valence-electron chi connectivity index (χ1n) is 5.93. The number of carbonyl (C=O) groups excluding carboxylic acids is 1. The molecule has 1 aromatic rings. The number of alkyl halides is 1. The highest BCUT2D eigenvalue weighted by atomic mass is 35.5. The fourth-order valence-corrected chi connectivity index (χ4v) is 1.99. The molecule has 0 radical (unpaired) electrons. The molecule has 17 heavy (non-hydrogen) atoms. The molecular weight excluding hydrogens is 236 g/mol. The first-order chi connectivity index (χ1) is 8.10. The zero-order valence-electron chi connectivity index (χ0n) is 10.7. The van der Waals surface area contributed by atoms with Gasteiger partial charge in [-0.15, -0.1) is 11.6 Å². The number of ketones is 1. The Labute approximate surface area is 108 Å². The Morgan fingerprint density at radius 3 is 2.65 bits per heavy atom. The van der Waals surface area contributed by atoms with Gasteiger partial charge in [-0.2, -0.15) is 0 Å². The van der Waals surface area contributed by atoms with E-state index in [1.807, 2.05) is 32.9 Å². The summed E-state index contributed by atoms with van der Waals surface area (Å²) in [5, 5.41) is 0. The van der Waals surface area contributed by atoms with Crippen LogP contribution in [0, 0.1) is 13.8 Å². The molecule has 0 heterocycles. The van der Waals surface area contributed by atoms with Crippen LogP contribution in [0.4, 0.5) is 0 Å². The van der Waals surface area contributed by atoms with E-state index in [4.69, 9.17) is 16.3 Å². The molecule has 1 aromatic carbocycles. The quantitative estimate of drug-likeness (QED) is 0.568. The van der Waals surface area contributed by atoms with Gasteiger partial charge in [-0.05, 0) is 44.4 Å². The highest BCUT2D eigenvalue weighted by molar-refractivity contribution is 6.18. The average Bonchev–Trinajstić information content (AvgIpc) is 2.29. The van der Waals surface area contributed by atoms with E-state index in [1.165, 1.54) is 0 Å². The molecule has 0 aliphatic heterocycles. The summed E-state index contributed by atoms with van der Waals surface area (Å²) in [5.41, 5.74) is 2.79. The zero-order chi connectivity index (χ0) is 12.8. The predicted molar refractivity (Wildman–Crippen MR) is 71.4 cm³/mol. The Morgan fingerprint density at radius 2 is 2.06 bits per heavy atom. The lowest BCUT2D eigenvalue weighted by Gasteiger charge is -2.13. The predicted octanol–water partition coefficient (Wildman–Crippen LogP) is 3.90. The van der Waals surface area contributed by atoms with Crippen molar-refractivity contribution in [1.82, 2.24) is 0 Å². The van der Waals surface area contributed by atoms with Crippen LogP contribution in [0.5, 0.6) is 5.75 Å². The Hall–Kier alpha value is -1.02. The summed E-state index contributed by atoms with van der Waals surface area (Å²) in [4.78, 5) is 12.1. The number of aryl methyl sites for hydroxylation is 2. The first kappa shape index (κ1) is 14.0. The van der Waals surface area contributed by atoms with Crippen LogP contribution in [-0.4, -0.2) is 18.3 Å². The largest absolute Gasteiger partial charge is 0.493 e. The molecule has 0 saturated carbocycles. The van der Waals surface area contributed by atoms with Crippen molar-refractivity contribution in [3.05, 3.63) is 28.8 Å². The highest BCUT2D eigenvalue weighted by Crippen LogP contribution is 2.27. The molecule has 0 bridgehead atoms. The molecule has 2 nitrogen and oxygen atoms in total. The minimum atomic E-state index is 0.112. The van der Waals surface area contributed by atoms with Crippen molar-refractivity contribution < 1.29 is 9.53 Å². The zero-order valence-corrected chi connectivity index (χ0v) is 11.4. The molecule has 0 fully saturated rings. The SMILES string of the molecule is CCOc1c(C)cc(C)cc1C(=O)CCCCl. The number of halogens is 1. The standard InChI is InChI=1S/C14H19ClO2/c1-4-17-14-11(3)8-10(2)9-12(14)13(16)6-5-7-15/h8-9H,4-7H2,1-3H3. The summed E-state index contributed by atoms with van der Waals surface area (Å²) in [6, 6.07) is 3.93. The minimum Gasteiger partial charge on any atom is -0.493 e. The second-order valence-electron chi connectivity index (χ2n) is 4.11. The van der Waals surface area contributed by atoms with Gasteiger partial charge >= 0.3 is 0 Å². The molecule has 0 aliphatic carbocycles.